The summed E-state index contributed by atoms with van der Waals surface area (Å²) in [5, 5.41) is 15.2. The number of amidine groups is 1. The topological polar surface area (TPSA) is 79.9 Å². The van der Waals surface area contributed by atoms with E-state index in [4.69, 9.17) is 15.7 Å². The van der Waals surface area contributed by atoms with Crippen LogP contribution in [0.3, 0.4) is 0 Å². The number of oxime groups is 1. The zero-order valence-corrected chi connectivity index (χ0v) is 11.7. The van der Waals surface area contributed by atoms with Crippen molar-refractivity contribution in [1.29, 1.82) is 0 Å². The lowest BCUT2D eigenvalue weighted by Gasteiger charge is -2.18. The summed E-state index contributed by atoms with van der Waals surface area (Å²) in [5.74, 6) is 1.02. The molecule has 1 aromatic carbocycles. The molecule has 0 bridgehead atoms. The van der Waals surface area contributed by atoms with Crippen molar-refractivity contribution in [2.75, 3.05) is 19.8 Å². The Kier molecular flexibility index (Phi) is 5.83. The van der Waals surface area contributed by atoms with Crippen LogP contribution < -0.4 is 11.1 Å². The summed E-state index contributed by atoms with van der Waals surface area (Å²) >= 11 is 0. The number of nitrogens with one attached hydrogen (secondary N) is 1. The first-order chi connectivity index (χ1) is 9.79. The average Bonchev–Trinajstić information content (AvgIpc) is 3.30. The van der Waals surface area contributed by atoms with Crippen LogP contribution in [0.4, 0.5) is 0 Å². The minimum absolute atomic E-state index is 0.0385. The number of hydrogen-bond acceptors (Lipinski definition) is 4. The maximum Gasteiger partial charge on any atom is 0.141 e. The fraction of sp³-hybridized carbons (Fsp3) is 0.533. The third-order valence-corrected chi connectivity index (χ3v) is 3.43. The molecule has 0 heterocycles. The summed E-state index contributed by atoms with van der Waals surface area (Å²) in [6.45, 7) is 2.32. The Morgan fingerprint density at radius 3 is 2.80 bits per heavy atom. The van der Waals surface area contributed by atoms with Gasteiger partial charge in [0.1, 0.15) is 5.84 Å². The SMILES string of the molecule is N/C(CC(NCCOCC1CC1)c1ccccc1)=N/O. The lowest BCUT2D eigenvalue weighted by molar-refractivity contribution is 0.124. The van der Waals surface area contributed by atoms with Crippen molar-refractivity contribution in [3.05, 3.63) is 35.9 Å². The fourth-order valence-electron chi connectivity index (χ4n) is 2.08. The van der Waals surface area contributed by atoms with E-state index in [2.05, 4.69) is 10.5 Å². The molecule has 1 saturated carbocycles. The van der Waals surface area contributed by atoms with Gasteiger partial charge in [0, 0.05) is 25.6 Å². The maximum atomic E-state index is 8.72. The highest BCUT2D eigenvalue weighted by Crippen LogP contribution is 2.28. The van der Waals surface area contributed by atoms with Gasteiger partial charge >= 0.3 is 0 Å². The standard InChI is InChI=1S/C15H23N3O2/c16-15(18-19)10-14(13-4-2-1-3-5-13)17-8-9-20-11-12-6-7-12/h1-5,12,14,17,19H,6-11H2,(H2,16,18). The van der Waals surface area contributed by atoms with Crippen LogP contribution in [0.15, 0.2) is 35.5 Å². The van der Waals surface area contributed by atoms with Crippen LogP contribution in [0.5, 0.6) is 0 Å². The Morgan fingerprint density at radius 2 is 2.15 bits per heavy atom. The molecule has 5 heteroatoms. The molecule has 2 rings (SSSR count). The molecular weight excluding hydrogens is 254 g/mol. The minimum Gasteiger partial charge on any atom is -0.409 e. The van der Waals surface area contributed by atoms with Gasteiger partial charge in [-0.3, -0.25) is 0 Å². The van der Waals surface area contributed by atoms with Crippen LogP contribution in [0.2, 0.25) is 0 Å². The molecule has 0 amide bonds. The Balaban J connectivity index is 1.78. The van der Waals surface area contributed by atoms with E-state index in [0.29, 0.717) is 13.0 Å². The number of nitrogens with two attached hydrogens (primary N) is 1. The molecule has 4 N–H and O–H groups in total. The Bertz CT molecular complexity index is 418. The van der Waals surface area contributed by atoms with Crippen LogP contribution >= 0.6 is 0 Å². The average molecular weight is 277 g/mol. The Labute approximate surface area is 119 Å². The molecule has 0 aliphatic heterocycles. The molecule has 1 aromatic rings. The lowest BCUT2D eigenvalue weighted by Crippen LogP contribution is -2.29. The lowest BCUT2D eigenvalue weighted by atomic mass is 10.0. The number of benzene rings is 1. The van der Waals surface area contributed by atoms with Crippen molar-refractivity contribution >= 4 is 5.84 Å². The monoisotopic (exact) mass is 277 g/mol. The maximum absolute atomic E-state index is 8.72. The van der Waals surface area contributed by atoms with E-state index < -0.39 is 0 Å². The predicted octanol–water partition coefficient (Wildman–Crippen LogP) is 1.88. The molecule has 1 aliphatic carbocycles. The Morgan fingerprint density at radius 1 is 1.40 bits per heavy atom. The summed E-state index contributed by atoms with van der Waals surface area (Å²) in [6, 6.07) is 10.1. The van der Waals surface area contributed by atoms with E-state index in [1.807, 2.05) is 30.3 Å². The van der Waals surface area contributed by atoms with E-state index in [1.54, 1.807) is 0 Å². The van der Waals surface area contributed by atoms with Crippen molar-refractivity contribution in [3.63, 3.8) is 0 Å². The molecule has 0 spiro atoms. The van der Waals surface area contributed by atoms with Gasteiger partial charge in [0.25, 0.3) is 0 Å². The van der Waals surface area contributed by atoms with E-state index in [9.17, 15) is 0 Å². The van der Waals surface area contributed by atoms with Gasteiger partial charge < -0.3 is 21.0 Å². The van der Waals surface area contributed by atoms with Crippen molar-refractivity contribution in [3.8, 4) is 0 Å². The van der Waals surface area contributed by atoms with Crippen LogP contribution in [0.25, 0.3) is 0 Å². The highest BCUT2D eigenvalue weighted by molar-refractivity contribution is 5.80. The molecule has 0 aromatic heterocycles. The van der Waals surface area contributed by atoms with Crippen LogP contribution in [0, 0.1) is 5.92 Å². The van der Waals surface area contributed by atoms with Gasteiger partial charge in [0.15, 0.2) is 0 Å². The van der Waals surface area contributed by atoms with Gasteiger partial charge in [-0.1, -0.05) is 35.5 Å². The number of nitrogens with zero attached hydrogens (tertiary/aromatic N) is 1. The van der Waals surface area contributed by atoms with Gasteiger partial charge in [0.05, 0.1) is 6.61 Å². The van der Waals surface area contributed by atoms with Crippen LogP contribution in [0.1, 0.15) is 30.9 Å². The highest BCUT2D eigenvalue weighted by atomic mass is 16.5. The van der Waals surface area contributed by atoms with Crippen molar-refractivity contribution < 1.29 is 9.94 Å². The predicted molar refractivity (Wildman–Crippen MR) is 78.8 cm³/mol. The van der Waals surface area contributed by atoms with E-state index in [-0.39, 0.29) is 11.9 Å². The van der Waals surface area contributed by atoms with Crippen molar-refractivity contribution in [2.45, 2.75) is 25.3 Å². The Hall–Kier alpha value is -1.59. The molecule has 1 atom stereocenters. The van der Waals surface area contributed by atoms with Crippen molar-refractivity contribution in [1.82, 2.24) is 5.32 Å². The third-order valence-electron chi connectivity index (χ3n) is 3.43. The second-order valence-electron chi connectivity index (χ2n) is 5.23. The fourth-order valence-corrected chi connectivity index (χ4v) is 2.08. The first-order valence-corrected chi connectivity index (χ1v) is 7.12. The van der Waals surface area contributed by atoms with E-state index >= 15 is 0 Å². The summed E-state index contributed by atoms with van der Waals surface area (Å²) in [4.78, 5) is 0. The number of rotatable bonds is 9. The molecular formula is C15H23N3O2. The summed E-state index contributed by atoms with van der Waals surface area (Å²) in [7, 11) is 0. The molecule has 0 radical (unpaired) electrons. The summed E-state index contributed by atoms with van der Waals surface area (Å²) < 4.78 is 5.60. The van der Waals surface area contributed by atoms with Crippen LogP contribution in [-0.2, 0) is 4.74 Å². The molecule has 110 valence electrons. The van der Waals surface area contributed by atoms with Crippen molar-refractivity contribution in [2.24, 2.45) is 16.8 Å². The molecule has 1 fully saturated rings. The quantitative estimate of drug-likeness (QED) is 0.212. The zero-order chi connectivity index (χ0) is 14.2. The van der Waals surface area contributed by atoms with Gasteiger partial charge in [-0.2, -0.15) is 0 Å². The van der Waals surface area contributed by atoms with Gasteiger partial charge in [0.2, 0.25) is 0 Å². The van der Waals surface area contributed by atoms with E-state index in [1.165, 1.54) is 12.8 Å². The number of ether oxygens (including phenoxy) is 1. The highest BCUT2D eigenvalue weighted by Gasteiger charge is 2.21. The minimum atomic E-state index is 0.0385. The third kappa shape index (κ3) is 5.19. The van der Waals surface area contributed by atoms with Gasteiger partial charge in [-0.05, 0) is 24.3 Å². The normalized spacial score (nSPS) is 17.1. The summed E-state index contributed by atoms with van der Waals surface area (Å²) in [6.07, 6.45) is 3.09. The first-order valence-electron chi connectivity index (χ1n) is 7.12. The van der Waals surface area contributed by atoms with E-state index in [0.717, 1.165) is 24.6 Å². The summed E-state index contributed by atoms with van der Waals surface area (Å²) in [5.41, 5.74) is 6.74. The molecule has 1 unspecified atom stereocenters. The smallest absolute Gasteiger partial charge is 0.141 e. The second kappa shape index (κ2) is 7.87. The van der Waals surface area contributed by atoms with Gasteiger partial charge in [-0.15, -0.1) is 0 Å². The zero-order valence-electron chi connectivity index (χ0n) is 11.7. The largest absolute Gasteiger partial charge is 0.409 e. The second-order valence-corrected chi connectivity index (χ2v) is 5.23. The number of hydrogen-bond donors (Lipinski definition) is 3. The molecule has 20 heavy (non-hydrogen) atoms. The van der Waals surface area contributed by atoms with Crippen LogP contribution in [-0.4, -0.2) is 30.8 Å². The first kappa shape index (κ1) is 14.8. The molecule has 5 nitrogen and oxygen atoms in total. The molecule has 0 saturated heterocycles. The molecule has 1 aliphatic rings. The van der Waals surface area contributed by atoms with Gasteiger partial charge in [-0.25, -0.2) is 0 Å².